The normalized spacial score (nSPS) is 14.9. The van der Waals surface area contributed by atoms with E-state index in [0.29, 0.717) is 19.6 Å². The number of carbonyl (C=O) groups is 2. The van der Waals surface area contributed by atoms with Gasteiger partial charge in [0.15, 0.2) is 0 Å². The summed E-state index contributed by atoms with van der Waals surface area (Å²) in [5.41, 5.74) is 1.70. The Morgan fingerprint density at radius 3 is 2.58 bits per heavy atom. The van der Waals surface area contributed by atoms with E-state index < -0.39 is 5.69 Å². The number of hydrogen-bond acceptors (Lipinski definition) is 4. The SMILES string of the molecule is CCN1CCn2c(nn(CC(=O)N[C@H](C)c3ccc(C)cc3)c2=O)C1=O. The number of likely N-dealkylation sites (N-methyl/N-ethyl adjacent to an activating group) is 1. The lowest BCUT2D eigenvalue weighted by molar-refractivity contribution is -0.122. The van der Waals surface area contributed by atoms with Gasteiger partial charge in [0.1, 0.15) is 6.54 Å². The van der Waals surface area contributed by atoms with E-state index in [1.54, 1.807) is 4.90 Å². The van der Waals surface area contributed by atoms with Crippen LogP contribution in [0.1, 0.15) is 41.6 Å². The third-order valence-electron chi connectivity index (χ3n) is 4.62. The van der Waals surface area contributed by atoms with Gasteiger partial charge in [-0.2, -0.15) is 0 Å². The van der Waals surface area contributed by atoms with Crippen LogP contribution in [-0.2, 0) is 17.9 Å². The molecule has 3 rings (SSSR count). The molecule has 1 aliphatic heterocycles. The number of rotatable bonds is 5. The van der Waals surface area contributed by atoms with Gasteiger partial charge in [-0.15, -0.1) is 5.10 Å². The monoisotopic (exact) mass is 357 g/mol. The highest BCUT2D eigenvalue weighted by Crippen LogP contribution is 2.13. The van der Waals surface area contributed by atoms with Crippen molar-refractivity contribution >= 4 is 11.8 Å². The van der Waals surface area contributed by atoms with Gasteiger partial charge in [-0.05, 0) is 26.3 Å². The number of carbonyl (C=O) groups excluding carboxylic acids is 2. The standard InChI is InChI=1S/C18H23N5O3/c1-4-21-9-10-22-16(17(21)25)20-23(18(22)26)11-15(24)19-13(3)14-7-5-12(2)6-8-14/h5-8,13H,4,9-11H2,1-3H3,(H,19,24)/t13-/m1/s1. The van der Waals surface area contributed by atoms with E-state index in [0.717, 1.165) is 15.8 Å². The topological polar surface area (TPSA) is 89.2 Å². The summed E-state index contributed by atoms with van der Waals surface area (Å²) < 4.78 is 2.40. The molecule has 0 radical (unpaired) electrons. The van der Waals surface area contributed by atoms with E-state index in [2.05, 4.69) is 10.4 Å². The Bertz CT molecular complexity index is 881. The summed E-state index contributed by atoms with van der Waals surface area (Å²) in [7, 11) is 0. The van der Waals surface area contributed by atoms with Crippen molar-refractivity contribution in [1.82, 2.24) is 24.6 Å². The van der Waals surface area contributed by atoms with Gasteiger partial charge in [0.25, 0.3) is 5.91 Å². The first-order valence-corrected chi connectivity index (χ1v) is 8.73. The van der Waals surface area contributed by atoms with Gasteiger partial charge in [-0.3, -0.25) is 14.2 Å². The van der Waals surface area contributed by atoms with Crippen LogP contribution in [0.2, 0.25) is 0 Å². The number of fused-ring (bicyclic) bond motifs is 1. The first-order valence-electron chi connectivity index (χ1n) is 8.73. The second-order valence-corrected chi connectivity index (χ2v) is 6.50. The Balaban J connectivity index is 1.71. The van der Waals surface area contributed by atoms with Crippen molar-refractivity contribution in [3.63, 3.8) is 0 Å². The lowest BCUT2D eigenvalue weighted by atomic mass is 10.1. The number of aromatic nitrogens is 3. The highest BCUT2D eigenvalue weighted by atomic mass is 16.2. The smallest absolute Gasteiger partial charge is 0.346 e. The van der Waals surface area contributed by atoms with Gasteiger partial charge in [-0.1, -0.05) is 29.8 Å². The van der Waals surface area contributed by atoms with E-state index in [9.17, 15) is 14.4 Å². The molecule has 0 saturated carbocycles. The zero-order valence-corrected chi connectivity index (χ0v) is 15.2. The molecule has 2 aromatic rings. The maximum atomic E-state index is 12.4. The highest BCUT2D eigenvalue weighted by molar-refractivity contribution is 5.91. The lowest BCUT2D eigenvalue weighted by Crippen LogP contribution is -2.43. The van der Waals surface area contributed by atoms with E-state index in [4.69, 9.17) is 0 Å². The molecule has 138 valence electrons. The van der Waals surface area contributed by atoms with Crippen LogP contribution in [0.25, 0.3) is 0 Å². The zero-order chi connectivity index (χ0) is 18.8. The summed E-state index contributed by atoms with van der Waals surface area (Å²) in [6.07, 6.45) is 0. The Morgan fingerprint density at radius 2 is 1.92 bits per heavy atom. The molecule has 1 aliphatic rings. The van der Waals surface area contributed by atoms with Crippen LogP contribution in [0.5, 0.6) is 0 Å². The Labute approximate surface area is 151 Å². The van der Waals surface area contributed by atoms with Crippen molar-refractivity contribution in [2.24, 2.45) is 0 Å². The van der Waals surface area contributed by atoms with Crippen molar-refractivity contribution in [3.8, 4) is 0 Å². The van der Waals surface area contributed by atoms with E-state index >= 15 is 0 Å². The van der Waals surface area contributed by atoms with E-state index in [1.165, 1.54) is 4.57 Å². The lowest BCUT2D eigenvalue weighted by Gasteiger charge is -2.24. The third-order valence-corrected chi connectivity index (χ3v) is 4.62. The average molecular weight is 357 g/mol. The minimum absolute atomic E-state index is 0.0995. The summed E-state index contributed by atoms with van der Waals surface area (Å²) in [6.45, 7) is 6.98. The molecular weight excluding hydrogens is 334 g/mol. The number of amides is 2. The van der Waals surface area contributed by atoms with E-state index in [1.807, 2.05) is 45.0 Å². The zero-order valence-electron chi connectivity index (χ0n) is 15.2. The molecule has 0 unspecified atom stereocenters. The fourth-order valence-corrected chi connectivity index (χ4v) is 3.03. The van der Waals surface area contributed by atoms with Gasteiger partial charge in [0.05, 0.1) is 6.04 Å². The molecule has 0 saturated heterocycles. The van der Waals surface area contributed by atoms with Crippen molar-refractivity contribution < 1.29 is 9.59 Å². The van der Waals surface area contributed by atoms with Crippen molar-refractivity contribution in [3.05, 3.63) is 51.7 Å². The summed E-state index contributed by atoms with van der Waals surface area (Å²) in [5, 5.41) is 6.94. The highest BCUT2D eigenvalue weighted by Gasteiger charge is 2.29. The molecule has 1 atom stereocenters. The predicted molar refractivity (Wildman–Crippen MR) is 95.8 cm³/mol. The number of benzene rings is 1. The summed E-state index contributed by atoms with van der Waals surface area (Å²) >= 11 is 0. The maximum Gasteiger partial charge on any atom is 0.346 e. The largest absolute Gasteiger partial charge is 0.348 e. The number of nitrogens with one attached hydrogen (secondary N) is 1. The molecule has 0 aliphatic carbocycles. The molecule has 1 aromatic carbocycles. The summed E-state index contributed by atoms with van der Waals surface area (Å²) in [6, 6.07) is 7.70. The Morgan fingerprint density at radius 1 is 1.23 bits per heavy atom. The van der Waals surface area contributed by atoms with Gasteiger partial charge in [0, 0.05) is 19.6 Å². The van der Waals surface area contributed by atoms with Gasteiger partial charge < -0.3 is 10.2 Å². The number of nitrogens with zero attached hydrogens (tertiary/aromatic N) is 4. The molecule has 1 N–H and O–H groups in total. The van der Waals surface area contributed by atoms with Crippen LogP contribution in [0.15, 0.2) is 29.1 Å². The second-order valence-electron chi connectivity index (χ2n) is 6.50. The van der Waals surface area contributed by atoms with Crippen LogP contribution in [0.4, 0.5) is 0 Å². The van der Waals surface area contributed by atoms with Gasteiger partial charge in [-0.25, -0.2) is 9.48 Å². The quantitative estimate of drug-likeness (QED) is 0.853. The number of aryl methyl sites for hydroxylation is 1. The van der Waals surface area contributed by atoms with Crippen LogP contribution in [0.3, 0.4) is 0 Å². The molecule has 1 aromatic heterocycles. The molecule has 0 fully saturated rings. The number of hydrogen-bond donors (Lipinski definition) is 1. The molecular formula is C18H23N5O3. The fraction of sp³-hybridized carbons (Fsp3) is 0.444. The molecule has 8 nitrogen and oxygen atoms in total. The Kier molecular flexibility index (Phi) is 4.92. The molecule has 0 bridgehead atoms. The van der Waals surface area contributed by atoms with Crippen molar-refractivity contribution in [2.45, 2.75) is 39.9 Å². The molecule has 2 amide bonds. The van der Waals surface area contributed by atoms with Crippen molar-refractivity contribution in [1.29, 1.82) is 0 Å². The Hall–Kier alpha value is -2.90. The first-order chi connectivity index (χ1) is 12.4. The average Bonchev–Trinajstić information content (AvgIpc) is 2.92. The van der Waals surface area contributed by atoms with Gasteiger partial charge in [0.2, 0.25) is 11.7 Å². The van der Waals surface area contributed by atoms with Crippen LogP contribution >= 0.6 is 0 Å². The first kappa shape index (κ1) is 17.9. The summed E-state index contributed by atoms with van der Waals surface area (Å²) in [5.74, 6) is -0.499. The molecule has 2 heterocycles. The molecule has 8 heteroatoms. The maximum absolute atomic E-state index is 12.4. The molecule has 0 spiro atoms. The predicted octanol–water partition coefficient (Wildman–Crippen LogP) is 0.706. The summed E-state index contributed by atoms with van der Waals surface area (Å²) in [4.78, 5) is 38.6. The van der Waals surface area contributed by atoms with Crippen LogP contribution < -0.4 is 11.0 Å². The minimum Gasteiger partial charge on any atom is -0.348 e. The van der Waals surface area contributed by atoms with Crippen LogP contribution in [-0.4, -0.2) is 44.2 Å². The second kappa shape index (κ2) is 7.15. The minimum atomic E-state index is -0.428. The van der Waals surface area contributed by atoms with Crippen molar-refractivity contribution in [2.75, 3.05) is 13.1 Å². The van der Waals surface area contributed by atoms with Gasteiger partial charge >= 0.3 is 5.69 Å². The fourth-order valence-electron chi connectivity index (χ4n) is 3.03. The molecule has 26 heavy (non-hydrogen) atoms. The van der Waals surface area contributed by atoms with E-state index in [-0.39, 0.29) is 30.2 Å². The van der Waals surface area contributed by atoms with Crippen LogP contribution in [0, 0.1) is 6.92 Å². The third kappa shape index (κ3) is 3.40.